The van der Waals surface area contributed by atoms with E-state index in [2.05, 4.69) is 46.4 Å². The number of phenols is 1. The Morgan fingerprint density at radius 3 is 2.35 bits per heavy atom. The van der Waals surface area contributed by atoms with Gasteiger partial charge in [-0.3, -0.25) is 9.69 Å². The number of likely N-dealkylation sites (N-methyl/N-ethyl adjacent to an activating group) is 1. The van der Waals surface area contributed by atoms with Crippen molar-refractivity contribution in [3.8, 4) is 5.75 Å². The molecule has 138 valence electrons. The van der Waals surface area contributed by atoms with Crippen molar-refractivity contribution in [1.82, 2.24) is 15.1 Å². The minimum atomic E-state index is -0.260. The van der Waals surface area contributed by atoms with Crippen molar-refractivity contribution in [3.63, 3.8) is 0 Å². The predicted molar refractivity (Wildman–Crippen MR) is 103 cm³/mol. The van der Waals surface area contributed by atoms with Crippen LogP contribution < -0.4 is 5.32 Å². The van der Waals surface area contributed by atoms with E-state index in [1.165, 1.54) is 5.56 Å². The van der Waals surface area contributed by atoms with E-state index in [4.69, 9.17) is 0 Å². The highest BCUT2D eigenvalue weighted by atomic mass is 16.3. The molecule has 1 heterocycles. The zero-order valence-electron chi connectivity index (χ0n) is 15.5. The molecule has 2 aromatic carbocycles. The van der Waals surface area contributed by atoms with Crippen molar-refractivity contribution in [2.45, 2.75) is 20.0 Å². The third-order valence-electron chi connectivity index (χ3n) is 4.88. The van der Waals surface area contributed by atoms with Gasteiger partial charge in [0.1, 0.15) is 5.75 Å². The van der Waals surface area contributed by atoms with Gasteiger partial charge in [-0.15, -0.1) is 0 Å². The van der Waals surface area contributed by atoms with Crippen LogP contribution in [0.1, 0.15) is 27.0 Å². The Kier molecular flexibility index (Phi) is 5.91. The second-order valence-electron chi connectivity index (χ2n) is 7.10. The van der Waals surface area contributed by atoms with Crippen LogP contribution in [-0.2, 0) is 13.1 Å². The molecule has 2 aromatic rings. The topological polar surface area (TPSA) is 55.8 Å². The summed E-state index contributed by atoms with van der Waals surface area (Å²) in [6.07, 6.45) is 0. The number of aromatic hydroxyl groups is 1. The number of amides is 1. The van der Waals surface area contributed by atoms with Gasteiger partial charge in [-0.2, -0.15) is 0 Å². The van der Waals surface area contributed by atoms with Crippen molar-refractivity contribution < 1.29 is 9.90 Å². The van der Waals surface area contributed by atoms with Crippen LogP contribution in [-0.4, -0.2) is 54.0 Å². The number of carbonyl (C=O) groups excluding carboxylic acids is 1. The molecule has 0 unspecified atom stereocenters. The monoisotopic (exact) mass is 353 g/mol. The molecule has 0 aromatic heterocycles. The summed E-state index contributed by atoms with van der Waals surface area (Å²) >= 11 is 0. The van der Waals surface area contributed by atoms with Gasteiger partial charge in [0.25, 0.3) is 5.91 Å². The van der Waals surface area contributed by atoms with E-state index >= 15 is 0 Å². The highest BCUT2D eigenvalue weighted by Gasteiger charge is 2.14. The van der Waals surface area contributed by atoms with Crippen molar-refractivity contribution in [1.29, 1.82) is 0 Å². The first-order valence-corrected chi connectivity index (χ1v) is 9.08. The molecule has 1 aliphatic rings. The third-order valence-corrected chi connectivity index (χ3v) is 4.88. The Bertz CT molecular complexity index is 750. The first-order valence-electron chi connectivity index (χ1n) is 9.08. The van der Waals surface area contributed by atoms with Gasteiger partial charge in [0.05, 0.1) is 5.56 Å². The first-order chi connectivity index (χ1) is 12.5. The molecule has 1 aliphatic heterocycles. The largest absolute Gasteiger partial charge is 0.507 e. The fraction of sp³-hybridized carbons (Fsp3) is 0.381. The molecular formula is C21H27N3O2. The fourth-order valence-corrected chi connectivity index (χ4v) is 3.14. The summed E-state index contributed by atoms with van der Waals surface area (Å²) in [4.78, 5) is 17.0. The molecule has 26 heavy (non-hydrogen) atoms. The number of aryl methyl sites for hydroxylation is 1. The summed E-state index contributed by atoms with van der Waals surface area (Å²) in [5, 5.41) is 12.8. The van der Waals surface area contributed by atoms with Crippen molar-refractivity contribution in [3.05, 3.63) is 64.7 Å². The molecule has 0 saturated carbocycles. The Morgan fingerprint density at radius 1 is 1.04 bits per heavy atom. The Morgan fingerprint density at radius 2 is 1.69 bits per heavy atom. The maximum absolute atomic E-state index is 12.2. The van der Waals surface area contributed by atoms with Crippen molar-refractivity contribution in [2.24, 2.45) is 0 Å². The molecule has 0 aliphatic carbocycles. The maximum Gasteiger partial charge on any atom is 0.255 e. The van der Waals surface area contributed by atoms with Crippen LogP contribution in [0.5, 0.6) is 5.75 Å². The number of carbonyl (C=O) groups is 1. The number of piperazine rings is 1. The van der Waals surface area contributed by atoms with E-state index < -0.39 is 0 Å². The second kappa shape index (κ2) is 8.34. The summed E-state index contributed by atoms with van der Waals surface area (Å²) < 4.78 is 0. The van der Waals surface area contributed by atoms with Gasteiger partial charge in [0.15, 0.2) is 0 Å². The molecule has 3 rings (SSSR count). The van der Waals surface area contributed by atoms with E-state index in [0.717, 1.165) is 43.9 Å². The average Bonchev–Trinajstić information content (AvgIpc) is 2.63. The predicted octanol–water partition coefficient (Wildman–Crippen LogP) is 2.38. The van der Waals surface area contributed by atoms with Gasteiger partial charge in [0, 0.05) is 39.3 Å². The molecule has 1 fully saturated rings. The molecule has 0 spiro atoms. The van der Waals surface area contributed by atoms with Crippen LogP contribution in [0.2, 0.25) is 0 Å². The lowest BCUT2D eigenvalue weighted by Gasteiger charge is -2.32. The van der Waals surface area contributed by atoms with Gasteiger partial charge in [-0.25, -0.2) is 0 Å². The minimum absolute atomic E-state index is 0.0185. The molecule has 0 radical (unpaired) electrons. The van der Waals surface area contributed by atoms with Gasteiger partial charge < -0.3 is 15.3 Å². The van der Waals surface area contributed by atoms with Crippen LogP contribution in [0.3, 0.4) is 0 Å². The summed E-state index contributed by atoms with van der Waals surface area (Å²) in [7, 11) is 2.16. The number of nitrogens with zero attached hydrogens (tertiary/aromatic N) is 2. The average molecular weight is 353 g/mol. The highest BCUT2D eigenvalue weighted by Crippen LogP contribution is 2.18. The second-order valence-corrected chi connectivity index (χ2v) is 7.10. The first kappa shape index (κ1) is 18.4. The Balaban J connectivity index is 1.52. The maximum atomic E-state index is 12.2. The van der Waals surface area contributed by atoms with Crippen LogP contribution in [0.15, 0.2) is 42.5 Å². The normalized spacial score (nSPS) is 15.8. The number of rotatable bonds is 5. The smallest absolute Gasteiger partial charge is 0.255 e. The summed E-state index contributed by atoms with van der Waals surface area (Å²) in [6.45, 7) is 7.75. The molecule has 0 atom stereocenters. The molecular weight excluding hydrogens is 326 g/mol. The summed E-state index contributed by atoms with van der Waals surface area (Å²) in [6, 6.07) is 13.4. The minimum Gasteiger partial charge on any atom is -0.507 e. The standard InChI is InChI=1S/C21H27N3O2/c1-16-3-8-19(20(25)13-16)21(26)22-14-17-4-6-18(7-5-17)15-24-11-9-23(2)10-12-24/h3-8,13,25H,9-12,14-15H2,1-2H3,(H,22,26). The highest BCUT2D eigenvalue weighted by molar-refractivity contribution is 5.96. The Labute approximate surface area is 155 Å². The molecule has 2 N–H and O–H groups in total. The van der Waals surface area contributed by atoms with Crippen molar-refractivity contribution in [2.75, 3.05) is 33.2 Å². The number of nitrogens with one attached hydrogen (secondary N) is 1. The van der Waals surface area contributed by atoms with E-state index in [0.29, 0.717) is 12.1 Å². The van der Waals surface area contributed by atoms with Crippen LogP contribution >= 0.6 is 0 Å². The van der Waals surface area contributed by atoms with Gasteiger partial charge >= 0.3 is 0 Å². The quantitative estimate of drug-likeness (QED) is 0.867. The molecule has 0 bridgehead atoms. The van der Waals surface area contributed by atoms with Crippen LogP contribution in [0.25, 0.3) is 0 Å². The van der Waals surface area contributed by atoms with Gasteiger partial charge in [-0.05, 0) is 42.8 Å². The molecule has 1 saturated heterocycles. The number of benzene rings is 2. The van der Waals surface area contributed by atoms with Crippen molar-refractivity contribution >= 4 is 5.91 Å². The zero-order chi connectivity index (χ0) is 18.5. The third kappa shape index (κ3) is 4.84. The number of hydrogen-bond acceptors (Lipinski definition) is 4. The SMILES string of the molecule is Cc1ccc(C(=O)NCc2ccc(CN3CCN(C)CC3)cc2)c(O)c1. The molecule has 5 nitrogen and oxygen atoms in total. The lowest BCUT2D eigenvalue weighted by molar-refractivity contribution is 0.0948. The van der Waals surface area contributed by atoms with Crippen LogP contribution in [0, 0.1) is 6.92 Å². The van der Waals surface area contributed by atoms with Gasteiger partial charge in [0.2, 0.25) is 0 Å². The van der Waals surface area contributed by atoms with Gasteiger partial charge in [-0.1, -0.05) is 30.3 Å². The summed E-state index contributed by atoms with van der Waals surface area (Å²) in [5.41, 5.74) is 3.57. The molecule has 1 amide bonds. The van der Waals surface area contributed by atoms with E-state index in [-0.39, 0.29) is 11.7 Å². The Hall–Kier alpha value is -2.37. The summed E-state index contributed by atoms with van der Waals surface area (Å²) in [5.74, 6) is -0.242. The zero-order valence-corrected chi connectivity index (χ0v) is 15.5. The van der Waals surface area contributed by atoms with E-state index in [1.807, 2.05) is 13.0 Å². The van der Waals surface area contributed by atoms with E-state index in [9.17, 15) is 9.90 Å². The van der Waals surface area contributed by atoms with E-state index in [1.54, 1.807) is 12.1 Å². The number of hydrogen-bond donors (Lipinski definition) is 2. The lowest BCUT2D eigenvalue weighted by Crippen LogP contribution is -2.43. The lowest BCUT2D eigenvalue weighted by atomic mass is 10.1. The van der Waals surface area contributed by atoms with Crippen LogP contribution in [0.4, 0.5) is 0 Å². The fourth-order valence-electron chi connectivity index (χ4n) is 3.14. The molecule has 5 heteroatoms. The number of phenolic OH excluding ortho intramolecular Hbond substituents is 1.